The summed E-state index contributed by atoms with van der Waals surface area (Å²) in [7, 11) is -3.49. The smallest absolute Gasteiger partial charge is 0.336 e. The lowest BCUT2D eigenvalue weighted by atomic mass is 10.1. The maximum atomic E-state index is 13.1. The number of benzene rings is 1. The average molecular weight is 417 g/mol. The molecule has 29 heavy (non-hydrogen) atoms. The van der Waals surface area contributed by atoms with E-state index in [2.05, 4.69) is 4.98 Å². The van der Waals surface area contributed by atoms with E-state index in [1.807, 2.05) is 0 Å². The Balaban J connectivity index is 1.85. The lowest BCUT2D eigenvalue weighted by Gasteiger charge is -2.24. The van der Waals surface area contributed by atoms with Crippen LogP contribution in [-0.2, 0) is 16.6 Å². The highest BCUT2D eigenvalue weighted by Gasteiger charge is 2.28. The van der Waals surface area contributed by atoms with Gasteiger partial charge in [-0.05, 0) is 37.1 Å². The molecule has 3 rings (SSSR count). The second-order valence-electron chi connectivity index (χ2n) is 6.82. The van der Waals surface area contributed by atoms with E-state index in [1.54, 1.807) is 36.5 Å². The van der Waals surface area contributed by atoms with Crippen LogP contribution in [0.5, 0.6) is 0 Å². The molecule has 1 aromatic carbocycles. The Morgan fingerprint density at radius 1 is 1.03 bits per heavy atom. The Hall–Kier alpha value is -2.78. The zero-order valence-corrected chi connectivity index (χ0v) is 16.7. The van der Waals surface area contributed by atoms with Crippen LogP contribution in [0.1, 0.15) is 39.3 Å². The quantitative estimate of drug-likeness (QED) is 0.702. The van der Waals surface area contributed by atoms with Crippen molar-refractivity contribution in [3.8, 4) is 0 Å². The molecule has 2 aromatic rings. The number of carbonyl (C=O) groups excluding carboxylic acids is 1. The van der Waals surface area contributed by atoms with Gasteiger partial charge in [0.1, 0.15) is 0 Å². The Kier molecular flexibility index (Phi) is 6.60. The highest BCUT2D eigenvalue weighted by atomic mass is 32.2. The normalized spacial score (nSPS) is 14.6. The van der Waals surface area contributed by atoms with Gasteiger partial charge in [0.25, 0.3) is 5.91 Å². The van der Waals surface area contributed by atoms with Gasteiger partial charge >= 0.3 is 5.97 Å². The molecule has 0 unspecified atom stereocenters. The molecular weight excluding hydrogens is 394 g/mol. The van der Waals surface area contributed by atoms with Crippen LogP contribution in [0.25, 0.3) is 0 Å². The third-order valence-electron chi connectivity index (χ3n) is 4.83. The Bertz CT molecular complexity index is 973. The highest BCUT2D eigenvalue weighted by Crippen LogP contribution is 2.17. The maximum Gasteiger partial charge on any atom is 0.336 e. The lowest BCUT2D eigenvalue weighted by molar-refractivity contribution is 0.0674. The van der Waals surface area contributed by atoms with E-state index in [4.69, 9.17) is 0 Å². The van der Waals surface area contributed by atoms with Crippen molar-refractivity contribution in [2.75, 3.05) is 25.4 Å². The number of hydrogen-bond donors (Lipinski definition) is 1. The van der Waals surface area contributed by atoms with E-state index >= 15 is 0 Å². The maximum absolute atomic E-state index is 13.1. The molecule has 0 spiro atoms. The standard InChI is InChI=1S/C20H23N3O5S/c24-19(17-8-1-2-9-18(17)20(25)26)22(15-16-7-3-4-10-21-16)13-14-29(27,28)23-11-5-6-12-23/h1-4,7-10H,5-6,11-15H2,(H,25,26). The van der Waals surface area contributed by atoms with Crippen molar-refractivity contribution < 1.29 is 23.1 Å². The number of carboxylic acids is 1. The molecule has 1 fully saturated rings. The molecule has 0 bridgehead atoms. The zero-order valence-electron chi connectivity index (χ0n) is 15.9. The molecule has 1 aliphatic heterocycles. The summed E-state index contributed by atoms with van der Waals surface area (Å²) in [5, 5.41) is 9.40. The largest absolute Gasteiger partial charge is 0.478 e. The van der Waals surface area contributed by atoms with E-state index in [9.17, 15) is 23.1 Å². The fourth-order valence-corrected chi connectivity index (χ4v) is 4.81. The number of carbonyl (C=O) groups is 2. The first-order valence-corrected chi connectivity index (χ1v) is 11.0. The minimum atomic E-state index is -3.49. The van der Waals surface area contributed by atoms with Crippen molar-refractivity contribution in [2.45, 2.75) is 19.4 Å². The first-order valence-electron chi connectivity index (χ1n) is 9.38. The van der Waals surface area contributed by atoms with Gasteiger partial charge < -0.3 is 10.0 Å². The molecule has 1 aliphatic rings. The summed E-state index contributed by atoms with van der Waals surface area (Å²) in [6.45, 7) is 1.03. The van der Waals surface area contributed by atoms with Gasteiger partial charge in [-0.25, -0.2) is 17.5 Å². The van der Waals surface area contributed by atoms with Crippen LogP contribution in [0.15, 0.2) is 48.7 Å². The molecule has 0 aliphatic carbocycles. The molecule has 9 heteroatoms. The van der Waals surface area contributed by atoms with Gasteiger partial charge in [-0.3, -0.25) is 9.78 Å². The highest BCUT2D eigenvalue weighted by molar-refractivity contribution is 7.89. The molecule has 1 N–H and O–H groups in total. The second-order valence-corrected chi connectivity index (χ2v) is 8.91. The van der Waals surface area contributed by atoms with Gasteiger partial charge in [-0.2, -0.15) is 0 Å². The van der Waals surface area contributed by atoms with Crippen LogP contribution >= 0.6 is 0 Å². The monoisotopic (exact) mass is 417 g/mol. The Morgan fingerprint density at radius 2 is 1.69 bits per heavy atom. The summed E-state index contributed by atoms with van der Waals surface area (Å²) in [5.41, 5.74) is 0.493. The van der Waals surface area contributed by atoms with Crippen molar-refractivity contribution in [3.63, 3.8) is 0 Å². The van der Waals surface area contributed by atoms with Gasteiger partial charge in [-0.1, -0.05) is 18.2 Å². The summed E-state index contributed by atoms with van der Waals surface area (Å²) in [4.78, 5) is 30.2. The van der Waals surface area contributed by atoms with Gasteiger partial charge in [0.05, 0.1) is 29.1 Å². The second kappa shape index (κ2) is 9.15. The van der Waals surface area contributed by atoms with E-state index < -0.39 is 21.9 Å². The van der Waals surface area contributed by atoms with Crippen LogP contribution in [0.3, 0.4) is 0 Å². The van der Waals surface area contributed by atoms with Gasteiger partial charge in [0.15, 0.2) is 0 Å². The summed E-state index contributed by atoms with van der Waals surface area (Å²) in [6, 6.07) is 11.2. The third-order valence-corrected chi connectivity index (χ3v) is 6.68. The lowest BCUT2D eigenvalue weighted by Crippen LogP contribution is -2.39. The zero-order chi connectivity index (χ0) is 20.9. The molecule has 0 saturated carbocycles. The molecule has 0 radical (unpaired) electrons. The van der Waals surface area contributed by atoms with Crippen molar-refractivity contribution in [2.24, 2.45) is 0 Å². The Morgan fingerprint density at radius 3 is 2.31 bits per heavy atom. The number of rotatable bonds is 8. The SMILES string of the molecule is O=C(O)c1ccccc1C(=O)N(CCS(=O)(=O)N1CCCC1)Cc1ccccn1. The minimum Gasteiger partial charge on any atom is -0.478 e. The van der Waals surface area contributed by atoms with Gasteiger partial charge in [-0.15, -0.1) is 0 Å². The fraction of sp³-hybridized carbons (Fsp3) is 0.350. The van der Waals surface area contributed by atoms with E-state index in [1.165, 1.54) is 21.3 Å². The minimum absolute atomic E-state index is 0.0227. The first kappa shape index (κ1) is 20.9. The number of amides is 1. The molecule has 2 heterocycles. The van der Waals surface area contributed by atoms with Crippen LogP contribution in [0.2, 0.25) is 0 Å². The van der Waals surface area contributed by atoms with Crippen molar-refractivity contribution in [1.29, 1.82) is 0 Å². The van der Waals surface area contributed by atoms with E-state index in [0.29, 0.717) is 18.8 Å². The van der Waals surface area contributed by atoms with Gasteiger partial charge in [0, 0.05) is 25.8 Å². The number of pyridine rings is 1. The van der Waals surface area contributed by atoms with Crippen LogP contribution in [0.4, 0.5) is 0 Å². The summed E-state index contributed by atoms with van der Waals surface area (Å²) in [6.07, 6.45) is 3.26. The molecule has 154 valence electrons. The van der Waals surface area contributed by atoms with E-state index in [0.717, 1.165) is 12.8 Å². The molecule has 0 atom stereocenters. The molecule has 1 aromatic heterocycles. The van der Waals surface area contributed by atoms with Crippen LogP contribution in [-0.4, -0.2) is 65.0 Å². The first-order chi connectivity index (χ1) is 13.9. The van der Waals surface area contributed by atoms with Crippen molar-refractivity contribution in [3.05, 3.63) is 65.5 Å². The Labute approximate surface area is 169 Å². The summed E-state index contributed by atoms with van der Waals surface area (Å²) < 4.78 is 26.7. The molecule has 1 amide bonds. The predicted octanol–water partition coefficient (Wildman–Crippen LogP) is 1.85. The number of sulfonamides is 1. The molecule has 1 saturated heterocycles. The number of hydrogen-bond acceptors (Lipinski definition) is 5. The number of aromatic nitrogens is 1. The number of carboxylic acid groups (broad SMARTS) is 1. The van der Waals surface area contributed by atoms with Crippen LogP contribution in [0, 0.1) is 0 Å². The predicted molar refractivity (Wildman–Crippen MR) is 107 cm³/mol. The molecule has 8 nitrogen and oxygen atoms in total. The topological polar surface area (TPSA) is 108 Å². The third kappa shape index (κ3) is 5.18. The summed E-state index contributed by atoms with van der Waals surface area (Å²) >= 11 is 0. The fourth-order valence-electron chi connectivity index (χ4n) is 3.29. The van der Waals surface area contributed by atoms with Gasteiger partial charge in [0.2, 0.25) is 10.0 Å². The molecular formula is C20H23N3O5S. The van der Waals surface area contributed by atoms with E-state index in [-0.39, 0.29) is 30.0 Å². The summed E-state index contributed by atoms with van der Waals surface area (Å²) in [5.74, 6) is -1.97. The number of aromatic carboxylic acids is 1. The number of nitrogens with zero attached hydrogens (tertiary/aromatic N) is 3. The average Bonchev–Trinajstić information content (AvgIpc) is 3.27. The van der Waals surface area contributed by atoms with Crippen LogP contribution < -0.4 is 0 Å². The van der Waals surface area contributed by atoms with Crippen molar-refractivity contribution >= 4 is 21.9 Å². The van der Waals surface area contributed by atoms with Crippen molar-refractivity contribution in [1.82, 2.24) is 14.2 Å².